The fraction of sp³-hybridized carbons (Fsp3) is 0. The van der Waals surface area contributed by atoms with E-state index in [1.54, 1.807) is 0 Å². The van der Waals surface area contributed by atoms with Crippen LogP contribution in [0.25, 0.3) is 0 Å². The van der Waals surface area contributed by atoms with Crippen molar-refractivity contribution in [2.24, 2.45) is 4.99 Å². The number of hydrogen-bond acceptors (Lipinski definition) is 2. The van der Waals surface area contributed by atoms with Crippen molar-refractivity contribution < 1.29 is 14.0 Å². The van der Waals surface area contributed by atoms with Crippen molar-refractivity contribution in [3.8, 4) is 0 Å². The van der Waals surface area contributed by atoms with Crippen molar-refractivity contribution in [2.45, 2.75) is 0 Å². The number of halogens is 2. The Labute approximate surface area is 81.4 Å². The molecular weight excluding hydrogens is 241 g/mol. The summed E-state index contributed by atoms with van der Waals surface area (Å²) in [5, 5.41) is 0. The van der Waals surface area contributed by atoms with Gasteiger partial charge in [-0.15, -0.1) is 4.99 Å². The highest BCUT2D eigenvalue weighted by atomic mass is 79.9. The van der Waals surface area contributed by atoms with Gasteiger partial charge >= 0.3 is 0 Å². The summed E-state index contributed by atoms with van der Waals surface area (Å²) in [6, 6.07) is 3.80. The maximum atomic E-state index is 12.9. The molecule has 0 saturated carbocycles. The summed E-state index contributed by atoms with van der Waals surface area (Å²) in [6.07, 6.45) is 1.06. The second-order valence-electron chi connectivity index (χ2n) is 2.13. The van der Waals surface area contributed by atoms with Crippen LogP contribution >= 0.6 is 15.9 Å². The number of isocyanates is 1. The molecule has 0 fully saturated rings. The van der Waals surface area contributed by atoms with Gasteiger partial charge in [0.25, 0.3) is 5.91 Å². The average molecular weight is 244 g/mol. The SMILES string of the molecule is O=C=NC(=O)c1cc(Br)ccc1F. The van der Waals surface area contributed by atoms with Gasteiger partial charge in [-0.1, -0.05) is 15.9 Å². The molecule has 0 unspecified atom stereocenters. The smallest absolute Gasteiger partial charge is 0.266 e. The Morgan fingerprint density at radius 2 is 2.23 bits per heavy atom. The molecule has 0 saturated heterocycles. The number of rotatable bonds is 1. The molecule has 5 heteroatoms. The summed E-state index contributed by atoms with van der Waals surface area (Å²) in [4.78, 5) is 23.5. The van der Waals surface area contributed by atoms with Crippen LogP contribution in [0.15, 0.2) is 27.7 Å². The predicted molar refractivity (Wildman–Crippen MR) is 46.6 cm³/mol. The van der Waals surface area contributed by atoms with Crippen molar-refractivity contribution >= 4 is 27.9 Å². The molecular formula is C8H3BrFNO2. The van der Waals surface area contributed by atoms with Crippen LogP contribution in [0, 0.1) is 5.82 Å². The summed E-state index contributed by atoms with van der Waals surface area (Å²) in [7, 11) is 0. The monoisotopic (exact) mass is 243 g/mol. The molecule has 13 heavy (non-hydrogen) atoms. The van der Waals surface area contributed by atoms with E-state index in [0.717, 1.165) is 12.1 Å². The first-order valence-electron chi connectivity index (χ1n) is 3.22. The third-order valence-corrected chi connectivity index (χ3v) is 1.80. The second kappa shape index (κ2) is 4.07. The van der Waals surface area contributed by atoms with Gasteiger partial charge < -0.3 is 0 Å². The van der Waals surface area contributed by atoms with Gasteiger partial charge in [0.1, 0.15) is 5.82 Å². The zero-order valence-corrected chi connectivity index (χ0v) is 7.84. The third-order valence-electron chi connectivity index (χ3n) is 1.31. The zero-order chi connectivity index (χ0) is 9.84. The molecule has 0 aliphatic carbocycles. The minimum absolute atomic E-state index is 0.252. The first kappa shape index (κ1) is 9.77. The molecule has 0 spiro atoms. The quantitative estimate of drug-likeness (QED) is 0.560. The molecule has 1 aromatic carbocycles. The molecule has 1 amide bonds. The van der Waals surface area contributed by atoms with Crippen molar-refractivity contribution in [1.29, 1.82) is 0 Å². The van der Waals surface area contributed by atoms with Crippen LogP contribution in [0.4, 0.5) is 4.39 Å². The largest absolute Gasteiger partial charge is 0.290 e. The van der Waals surface area contributed by atoms with Gasteiger partial charge in [0, 0.05) is 4.47 Å². The highest BCUT2D eigenvalue weighted by Gasteiger charge is 2.10. The number of amides is 1. The summed E-state index contributed by atoms with van der Waals surface area (Å²) < 4.78 is 13.5. The predicted octanol–water partition coefficient (Wildman–Crippen LogP) is 2.06. The van der Waals surface area contributed by atoms with Crippen LogP contribution in [-0.2, 0) is 4.79 Å². The first-order chi connectivity index (χ1) is 6.15. The van der Waals surface area contributed by atoms with Crippen molar-refractivity contribution in [3.05, 3.63) is 34.1 Å². The third kappa shape index (κ3) is 2.31. The molecule has 1 rings (SSSR count). The normalized spacial score (nSPS) is 9.08. The summed E-state index contributed by atoms with van der Waals surface area (Å²) in [6.45, 7) is 0. The highest BCUT2D eigenvalue weighted by Crippen LogP contribution is 2.15. The number of carbonyl (C=O) groups is 1. The van der Waals surface area contributed by atoms with Crippen LogP contribution in [0.1, 0.15) is 10.4 Å². The topological polar surface area (TPSA) is 46.5 Å². The lowest BCUT2D eigenvalue weighted by Gasteiger charge is -1.96. The first-order valence-corrected chi connectivity index (χ1v) is 4.01. The van der Waals surface area contributed by atoms with Crippen LogP contribution in [0.5, 0.6) is 0 Å². The van der Waals surface area contributed by atoms with E-state index in [4.69, 9.17) is 0 Å². The number of aliphatic imine (C=N–C) groups is 1. The van der Waals surface area contributed by atoms with E-state index in [9.17, 15) is 14.0 Å². The van der Waals surface area contributed by atoms with Gasteiger partial charge in [-0.05, 0) is 18.2 Å². The molecule has 0 aromatic heterocycles. The highest BCUT2D eigenvalue weighted by molar-refractivity contribution is 9.10. The lowest BCUT2D eigenvalue weighted by atomic mass is 10.2. The van der Waals surface area contributed by atoms with Gasteiger partial charge in [-0.2, -0.15) is 0 Å². The Morgan fingerprint density at radius 1 is 1.54 bits per heavy atom. The Hall–Kier alpha value is -1.32. The maximum absolute atomic E-state index is 12.9. The van der Waals surface area contributed by atoms with E-state index in [1.807, 2.05) is 0 Å². The van der Waals surface area contributed by atoms with Crippen molar-refractivity contribution in [2.75, 3.05) is 0 Å². The lowest BCUT2D eigenvalue weighted by Crippen LogP contribution is -1.98. The number of hydrogen-bond donors (Lipinski definition) is 0. The molecule has 0 aliphatic heterocycles. The number of carbonyl (C=O) groups excluding carboxylic acids is 2. The molecule has 0 aliphatic rings. The summed E-state index contributed by atoms with van der Waals surface area (Å²) in [5.74, 6) is -1.65. The molecule has 1 aromatic rings. The zero-order valence-electron chi connectivity index (χ0n) is 6.25. The minimum atomic E-state index is -0.936. The summed E-state index contributed by atoms with van der Waals surface area (Å²) >= 11 is 3.06. The molecule has 0 bridgehead atoms. The van der Waals surface area contributed by atoms with Gasteiger partial charge in [0.15, 0.2) is 0 Å². The van der Waals surface area contributed by atoms with Gasteiger partial charge in [-0.3, -0.25) is 4.79 Å². The van der Waals surface area contributed by atoms with Crippen LogP contribution in [0.3, 0.4) is 0 Å². The standard InChI is InChI=1S/C8H3BrFNO2/c9-5-1-2-7(10)6(3-5)8(13)11-4-12/h1-3H. The molecule has 0 radical (unpaired) electrons. The average Bonchev–Trinajstić information content (AvgIpc) is 2.09. The van der Waals surface area contributed by atoms with Crippen molar-refractivity contribution in [1.82, 2.24) is 0 Å². The molecule has 0 atom stereocenters. The second-order valence-corrected chi connectivity index (χ2v) is 3.05. The van der Waals surface area contributed by atoms with E-state index in [-0.39, 0.29) is 5.56 Å². The van der Waals surface area contributed by atoms with E-state index < -0.39 is 11.7 Å². The Balaban J connectivity index is 3.20. The minimum Gasteiger partial charge on any atom is -0.266 e. The van der Waals surface area contributed by atoms with Gasteiger partial charge in [0.2, 0.25) is 6.08 Å². The number of benzene rings is 1. The van der Waals surface area contributed by atoms with E-state index in [1.165, 1.54) is 12.1 Å². The van der Waals surface area contributed by atoms with Crippen molar-refractivity contribution in [3.63, 3.8) is 0 Å². The molecule has 0 heterocycles. The Kier molecular flexibility index (Phi) is 3.06. The molecule has 3 nitrogen and oxygen atoms in total. The molecule has 66 valence electrons. The van der Waals surface area contributed by atoms with Crippen LogP contribution < -0.4 is 0 Å². The molecule has 0 N–H and O–H groups in total. The van der Waals surface area contributed by atoms with E-state index >= 15 is 0 Å². The van der Waals surface area contributed by atoms with Gasteiger partial charge in [-0.25, -0.2) is 9.18 Å². The van der Waals surface area contributed by atoms with Crippen LogP contribution in [-0.4, -0.2) is 12.0 Å². The fourth-order valence-corrected chi connectivity index (χ4v) is 1.12. The van der Waals surface area contributed by atoms with E-state index in [2.05, 4.69) is 20.9 Å². The number of nitrogens with zero attached hydrogens (tertiary/aromatic N) is 1. The van der Waals surface area contributed by atoms with Crippen LogP contribution in [0.2, 0.25) is 0 Å². The van der Waals surface area contributed by atoms with Gasteiger partial charge in [0.05, 0.1) is 5.56 Å². The fourth-order valence-electron chi connectivity index (χ4n) is 0.763. The lowest BCUT2D eigenvalue weighted by molar-refractivity contribution is 0.0999. The van der Waals surface area contributed by atoms with E-state index in [0.29, 0.717) is 4.47 Å². The summed E-state index contributed by atoms with van der Waals surface area (Å²) in [5.41, 5.74) is -0.252. The maximum Gasteiger partial charge on any atom is 0.290 e. The Bertz CT molecular complexity index is 399. The Morgan fingerprint density at radius 3 is 2.85 bits per heavy atom.